The first-order chi connectivity index (χ1) is 5.65. The fraction of sp³-hybridized carbons (Fsp3) is 0.250. The van der Waals surface area contributed by atoms with Gasteiger partial charge < -0.3 is 21.7 Å². The Morgan fingerprint density at radius 2 is 2.08 bits per heavy atom. The second-order valence-corrected chi connectivity index (χ2v) is 2.60. The van der Waals surface area contributed by atoms with Crippen molar-refractivity contribution in [2.24, 2.45) is 5.73 Å². The summed E-state index contributed by atoms with van der Waals surface area (Å²) in [6.45, 7) is -0.187. The molecule has 0 amide bonds. The first-order valence-corrected chi connectivity index (χ1v) is 3.60. The summed E-state index contributed by atoms with van der Waals surface area (Å²) in [4.78, 5) is 0. The highest BCUT2D eigenvalue weighted by molar-refractivity contribution is 5.51. The number of nitrogen functional groups attached to an aromatic ring is 1. The van der Waals surface area contributed by atoms with Gasteiger partial charge in [0, 0.05) is 5.69 Å². The zero-order valence-corrected chi connectivity index (χ0v) is 6.57. The van der Waals surface area contributed by atoms with Crippen LogP contribution in [0.2, 0.25) is 0 Å². The van der Waals surface area contributed by atoms with Crippen LogP contribution in [0.25, 0.3) is 0 Å². The largest absolute Gasteiger partial charge is 0.508 e. The average Bonchev–Trinajstić information content (AvgIpc) is 2.08. The normalized spacial score (nSPS) is 12.8. The molecule has 66 valence electrons. The maximum absolute atomic E-state index is 9.09. The minimum absolute atomic E-state index is 0.100. The van der Waals surface area contributed by atoms with Crippen LogP contribution in [0.15, 0.2) is 18.2 Å². The predicted molar refractivity (Wildman–Crippen MR) is 46.5 cm³/mol. The summed E-state index contributed by atoms with van der Waals surface area (Å²) in [5, 5.41) is 17.8. The van der Waals surface area contributed by atoms with Gasteiger partial charge in [-0.25, -0.2) is 0 Å². The summed E-state index contributed by atoms with van der Waals surface area (Å²) in [5.74, 6) is 0.100. The molecule has 0 unspecified atom stereocenters. The van der Waals surface area contributed by atoms with E-state index in [9.17, 15) is 0 Å². The van der Waals surface area contributed by atoms with Crippen LogP contribution >= 0.6 is 0 Å². The van der Waals surface area contributed by atoms with E-state index in [-0.39, 0.29) is 12.4 Å². The Bertz CT molecular complexity index is 276. The SMILES string of the molecule is Nc1ccc(O)cc1[C@@H](N)CO. The fourth-order valence-electron chi connectivity index (χ4n) is 0.982. The predicted octanol–water partition coefficient (Wildman–Crippen LogP) is -0.0335. The molecule has 12 heavy (non-hydrogen) atoms. The number of aliphatic hydroxyl groups excluding tert-OH is 1. The first kappa shape index (κ1) is 8.83. The van der Waals surface area contributed by atoms with Crippen molar-refractivity contribution < 1.29 is 10.2 Å². The number of phenols is 1. The van der Waals surface area contributed by atoms with Crippen LogP contribution < -0.4 is 11.5 Å². The van der Waals surface area contributed by atoms with E-state index in [0.29, 0.717) is 11.3 Å². The van der Waals surface area contributed by atoms with Crippen LogP contribution in [0.5, 0.6) is 5.75 Å². The van der Waals surface area contributed by atoms with Gasteiger partial charge in [-0.3, -0.25) is 0 Å². The molecule has 0 heterocycles. The van der Waals surface area contributed by atoms with Crippen molar-refractivity contribution in [1.29, 1.82) is 0 Å². The molecule has 6 N–H and O–H groups in total. The minimum atomic E-state index is -0.530. The highest BCUT2D eigenvalue weighted by Gasteiger charge is 2.08. The van der Waals surface area contributed by atoms with Gasteiger partial charge in [0.05, 0.1) is 12.6 Å². The van der Waals surface area contributed by atoms with Crippen LogP contribution in [-0.2, 0) is 0 Å². The molecule has 0 bridgehead atoms. The smallest absolute Gasteiger partial charge is 0.116 e. The summed E-state index contributed by atoms with van der Waals surface area (Å²) in [7, 11) is 0. The average molecular weight is 168 g/mol. The summed E-state index contributed by atoms with van der Waals surface area (Å²) >= 11 is 0. The molecule has 4 heteroatoms. The van der Waals surface area contributed by atoms with Gasteiger partial charge in [0.25, 0.3) is 0 Å². The molecule has 1 rings (SSSR count). The molecule has 0 aromatic heterocycles. The van der Waals surface area contributed by atoms with E-state index in [0.717, 1.165) is 0 Å². The van der Waals surface area contributed by atoms with Crippen LogP contribution in [0, 0.1) is 0 Å². The monoisotopic (exact) mass is 168 g/mol. The maximum atomic E-state index is 9.09. The van der Waals surface area contributed by atoms with E-state index in [1.54, 1.807) is 6.07 Å². The topological polar surface area (TPSA) is 92.5 Å². The Morgan fingerprint density at radius 3 is 2.67 bits per heavy atom. The molecule has 4 nitrogen and oxygen atoms in total. The molecule has 1 aromatic carbocycles. The first-order valence-electron chi connectivity index (χ1n) is 3.60. The van der Waals surface area contributed by atoms with Crippen molar-refractivity contribution in [2.45, 2.75) is 6.04 Å². The van der Waals surface area contributed by atoms with Crippen LogP contribution in [0.3, 0.4) is 0 Å². The highest BCUT2D eigenvalue weighted by Crippen LogP contribution is 2.22. The van der Waals surface area contributed by atoms with E-state index < -0.39 is 6.04 Å². The van der Waals surface area contributed by atoms with Crippen molar-refractivity contribution in [3.05, 3.63) is 23.8 Å². The van der Waals surface area contributed by atoms with Crippen molar-refractivity contribution >= 4 is 5.69 Å². The van der Waals surface area contributed by atoms with Crippen molar-refractivity contribution in [1.82, 2.24) is 0 Å². The summed E-state index contributed by atoms with van der Waals surface area (Å²) in [5.41, 5.74) is 12.1. The van der Waals surface area contributed by atoms with Gasteiger partial charge in [-0.1, -0.05) is 0 Å². The Kier molecular flexibility index (Phi) is 2.52. The highest BCUT2D eigenvalue weighted by atomic mass is 16.3. The lowest BCUT2D eigenvalue weighted by Crippen LogP contribution is -2.16. The number of phenolic OH excluding ortho intramolecular Hbond substituents is 1. The second kappa shape index (κ2) is 3.42. The maximum Gasteiger partial charge on any atom is 0.116 e. The third kappa shape index (κ3) is 1.66. The quantitative estimate of drug-likeness (QED) is 0.368. The number of hydrogen-bond donors (Lipinski definition) is 4. The number of anilines is 1. The summed E-state index contributed by atoms with van der Waals surface area (Å²) in [6, 6.07) is 3.95. The molecule has 0 spiro atoms. The van der Waals surface area contributed by atoms with Gasteiger partial charge in [0.15, 0.2) is 0 Å². The van der Waals surface area contributed by atoms with Gasteiger partial charge in [0.1, 0.15) is 5.75 Å². The Balaban J connectivity index is 3.04. The molecular formula is C8H12N2O2. The molecule has 1 atom stereocenters. The molecule has 0 aliphatic rings. The molecule has 0 aliphatic heterocycles. The molecule has 0 fully saturated rings. The zero-order chi connectivity index (χ0) is 9.14. The zero-order valence-electron chi connectivity index (χ0n) is 6.57. The number of benzene rings is 1. The molecular weight excluding hydrogens is 156 g/mol. The third-order valence-corrected chi connectivity index (χ3v) is 1.67. The van der Waals surface area contributed by atoms with Crippen molar-refractivity contribution in [3.8, 4) is 5.75 Å². The number of rotatable bonds is 2. The number of hydrogen-bond acceptors (Lipinski definition) is 4. The second-order valence-electron chi connectivity index (χ2n) is 2.60. The summed E-state index contributed by atoms with van der Waals surface area (Å²) < 4.78 is 0. The van der Waals surface area contributed by atoms with E-state index in [1.165, 1.54) is 12.1 Å². The van der Waals surface area contributed by atoms with E-state index in [2.05, 4.69) is 0 Å². The lowest BCUT2D eigenvalue weighted by Gasteiger charge is -2.11. The minimum Gasteiger partial charge on any atom is -0.508 e. The van der Waals surface area contributed by atoms with Gasteiger partial charge in [-0.2, -0.15) is 0 Å². The Labute approximate surface area is 70.4 Å². The lowest BCUT2D eigenvalue weighted by atomic mass is 10.1. The van der Waals surface area contributed by atoms with Crippen molar-refractivity contribution in [2.75, 3.05) is 12.3 Å². The lowest BCUT2D eigenvalue weighted by molar-refractivity contribution is 0.268. The molecule has 0 aliphatic carbocycles. The molecule has 1 aromatic rings. The number of nitrogens with two attached hydrogens (primary N) is 2. The third-order valence-electron chi connectivity index (χ3n) is 1.67. The molecule has 0 saturated carbocycles. The van der Waals surface area contributed by atoms with Crippen molar-refractivity contribution in [3.63, 3.8) is 0 Å². The van der Waals surface area contributed by atoms with Gasteiger partial charge in [-0.15, -0.1) is 0 Å². The van der Waals surface area contributed by atoms with E-state index >= 15 is 0 Å². The van der Waals surface area contributed by atoms with Crippen LogP contribution in [0.4, 0.5) is 5.69 Å². The molecule has 0 radical (unpaired) electrons. The Morgan fingerprint density at radius 1 is 1.42 bits per heavy atom. The van der Waals surface area contributed by atoms with Crippen LogP contribution in [0.1, 0.15) is 11.6 Å². The number of aromatic hydroxyl groups is 1. The standard InChI is InChI=1S/C8H12N2O2/c9-7-2-1-5(12)3-6(7)8(10)4-11/h1-3,8,11-12H,4,9-10H2/t8-/m0/s1. The van der Waals surface area contributed by atoms with Gasteiger partial charge in [0.2, 0.25) is 0 Å². The van der Waals surface area contributed by atoms with E-state index in [1.807, 2.05) is 0 Å². The Hall–Kier alpha value is -1.26. The van der Waals surface area contributed by atoms with E-state index in [4.69, 9.17) is 21.7 Å². The number of aliphatic hydroxyl groups is 1. The van der Waals surface area contributed by atoms with Crippen LogP contribution in [-0.4, -0.2) is 16.8 Å². The summed E-state index contributed by atoms with van der Waals surface area (Å²) in [6.07, 6.45) is 0. The molecule has 0 saturated heterocycles. The van der Waals surface area contributed by atoms with Gasteiger partial charge in [-0.05, 0) is 23.8 Å². The fourth-order valence-corrected chi connectivity index (χ4v) is 0.982. The van der Waals surface area contributed by atoms with Gasteiger partial charge >= 0.3 is 0 Å².